The van der Waals surface area contributed by atoms with Gasteiger partial charge in [-0.15, -0.1) is 22.7 Å². The van der Waals surface area contributed by atoms with Crippen molar-refractivity contribution in [2.24, 2.45) is 0 Å². The molecule has 3 heterocycles. The maximum atomic E-state index is 12.5. The third kappa shape index (κ3) is 6.94. The number of carbonyl (C=O) groups is 1. The monoisotopic (exact) mass is 484 g/mol. The highest BCUT2D eigenvalue weighted by Gasteiger charge is 2.22. The van der Waals surface area contributed by atoms with Gasteiger partial charge in [-0.25, -0.2) is 9.97 Å². The smallest absolute Gasteiger partial charge is 0.250 e. The molecule has 3 aromatic rings. The minimum atomic E-state index is -0.227. The van der Waals surface area contributed by atoms with E-state index in [1.807, 2.05) is 41.9 Å². The van der Waals surface area contributed by atoms with Crippen LogP contribution in [0.1, 0.15) is 35.8 Å². The standard InChI is InChI=1S/C24H28N4O3S2/c1-16-10-28(11-17(2)31-16)12-20-14-33-24(26-20)27-23(29)9-8-19-6-4-5-7-22(19)30-13-21-15-32-18(3)25-21/h4-9,14-17H,10-13H2,1-3H3,(H,26,27,29)/b9-8+. The fourth-order valence-corrected chi connectivity index (χ4v) is 5.07. The van der Waals surface area contributed by atoms with Crippen LogP contribution in [0.5, 0.6) is 5.75 Å². The number of hydrogen-bond donors (Lipinski definition) is 1. The van der Waals surface area contributed by atoms with Crippen LogP contribution in [0.15, 0.2) is 41.1 Å². The molecule has 2 aromatic heterocycles. The molecule has 1 aliphatic heterocycles. The Kier molecular flexibility index (Phi) is 7.87. The molecule has 33 heavy (non-hydrogen) atoms. The van der Waals surface area contributed by atoms with Crippen LogP contribution in [0.25, 0.3) is 6.08 Å². The average molecular weight is 485 g/mol. The molecule has 0 spiro atoms. The van der Waals surface area contributed by atoms with Gasteiger partial charge in [0, 0.05) is 42.0 Å². The lowest BCUT2D eigenvalue weighted by Gasteiger charge is -2.34. The summed E-state index contributed by atoms with van der Waals surface area (Å²) in [5.41, 5.74) is 2.68. The number of benzene rings is 1. The molecule has 1 amide bonds. The van der Waals surface area contributed by atoms with E-state index in [4.69, 9.17) is 9.47 Å². The summed E-state index contributed by atoms with van der Waals surface area (Å²) in [5.74, 6) is 0.479. The van der Waals surface area contributed by atoms with Crippen LogP contribution in [0.3, 0.4) is 0 Å². The first-order valence-corrected chi connectivity index (χ1v) is 12.6. The summed E-state index contributed by atoms with van der Waals surface area (Å²) in [4.78, 5) is 23.8. The molecular formula is C24H28N4O3S2. The van der Waals surface area contributed by atoms with E-state index in [-0.39, 0.29) is 18.1 Å². The number of aryl methyl sites for hydroxylation is 1. The van der Waals surface area contributed by atoms with Gasteiger partial charge in [0.25, 0.3) is 0 Å². The zero-order valence-electron chi connectivity index (χ0n) is 19.0. The minimum Gasteiger partial charge on any atom is -0.487 e. The normalized spacial score (nSPS) is 19.1. The highest BCUT2D eigenvalue weighted by molar-refractivity contribution is 7.14. The van der Waals surface area contributed by atoms with Gasteiger partial charge in [0.15, 0.2) is 5.13 Å². The van der Waals surface area contributed by atoms with Gasteiger partial charge in [0.2, 0.25) is 5.91 Å². The predicted octanol–water partition coefficient (Wildman–Crippen LogP) is 4.75. The Morgan fingerprint density at radius 2 is 1.94 bits per heavy atom. The maximum absolute atomic E-state index is 12.5. The van der Waals surface area contributed by atoms with Crippen molar-refractivity contribution in [3.05, 3.63) is 63.1 Å². The second kappa shape index (κ2) is 11.0. The lowest BCUT2D eigenvalue weighted by molar-refractivity contribution is -0.111. The molecule has 4 rings (SSSR count). The molecule has 0 aliphatic carbocycles. The van der Waals surface area contributed by atoms with Gasteiger partial charge in [-0.05, 0) is 32.9 Å². The van der Waals surface area contributed by atoms with Crippen LogP contribution in [-0.2, 0) is 22.7 Å². The quantitative estimate of drug-likeness (QED) is 0.465. The maximum Gasteiger partial charge on any atom is 0.250 e. The molecule has 7 nitrogen and oxygen atoms in total. The van der Waals surface area contributed by atoms with Crippen LogP contribution in [-0.4, -0.2) is 46.1 Å². The van der Waals surface area contributed by atoms with Gasteiger partial charge in [-0.3, -0.25) is 15.0 Å². The SMILES string of the molecule is Cc1nc(COc2ccccc2/C=C/C(=O)Nc2nc(CN3CC(C)OC(C)C3)cs2)cs1. The number of morpholine rings is 1. The Hall–Kier alpha value is -2.59. The van der Waals surface area contributed by atoms with Crippen LogP contribution in [0, 0.1) is 6.92 Å². The first kappa shape index (κ1) is 23.6. The highest BCUT2D eigenvalue weighted by atomic mass is 32.1. The summed E-state index contributed by atoms with van der Waals surface area (Å²) in [7, 11) is 0. The van der Waals surface area contributed by atoms with Gasteiger partial charge < -0.3 is 9.47 Å². The number of ether oxygens (including phenoxy) is 2. The fourth-order valence-electron chi connectivity index (χ4n) is 3.77. The zero-order valence-corrected chi connectivity index (χ0v) is 20.6. The van der Waals surface area contributed by atoms with Gasteiger partial charge in [-0.1, -0.05) is 18.2 Å². The van der Waals surface area contributed by atoms with Crippen molar-refractivity contribution in [2.45, 2.75) is 46.1 Å². The van der Waals surface area contributed by atoms with E-state index in [1.54, 1.807) is 17.4 Å². The Morgan fingerprint density at radius 3 is 2.70 bits per heavy atom. The van der Waals surface area contributed by atoms with Gasteiger partial charge >= 0.3 is 0 Å². The number of amides is 1. The first-order chi connectivity index (χ1) is 15.9. The minimum absolute atomic E-state index is 0.217. The molecule has 0 radical (unpaired) electrons. The Labute approximate surface area is 202 Å². The van der Waals surface area contributed by atoms with Crippen LogP contribution < -0.4 is 10.1 Å². The van der Waals surface area contributed by atoms with Gasteiger partial charge in [0.1, 0.15) is 12.4 Å². The average Bonchev–Trinajstić information content (AvgIpc) is 3.39. The third-order valence-corrected chi connectivity index (χ3v) is 6.67. The predicted molar refractivity (Wildman–Crippen MR) is 133 cm³/mol. The topological polar surface area (TPSA) is 76.6 Å². The second-order valence-electron chi connectivity index (χ2n) is 8.10. The van der Waals surface area contributed by atoms with Crippen LogP contribution in [0.2, 0.25) is 0 Å². The van der Waals surface area contributed by atoms with E-state index in [0.717, 1.165) is 41.6 Å². The van der Waals surface area contributed by atoms with Crippen molar-refractivity contribution >= 4 is 39.8 Å². The molecule has 2 unspecified atom stereocenters. The molecule has 1 aromatic carbocycles. The van der Waals surface area contributed by atoms with Gasteiger partial charge in [-0.2, -0.15) is 0 Å². The number of thiazole rings is 2. The molecule has 1 fully saturated rings. The summed E-state index contributed by atoms with van der Waals surface area (Å²) in [6, 6.07) is 7.62. The number of rotatable bonds is 8. The summed E-state index contributed by atoms with van der Waals surface area (Å²) < 4.78 is 11.7. The number of nitrogens with one attached hydrogen (secondary N) is 1. The van der Waals surface area contributed by atoms with Crippen molar-refractivity contribution in [3.8, 4) is 5.75 Å². The van der Waals surface area contributed by atoms with Crippen LogP contribution >= 0.6 is 22.7 Å². The van der Waals surface area contributed by atoms with E-state index >= 15 is 0 Å². The number of hydrogen-bond acceptors (Lipinski definition) is 8. The molecule has 0 saturated carbocycles. The van der Waals surface area contributed by atoms with Crippen molar-refractivity contribution < 1.29 is 14.3 Å². The number of anilines is 1. The van der Waals surface area contributed by atoms with E-state index in [2.05, 4.69) is 34.0 Å². The first-order valence-electron chi connectivity index (χ1n) is 10.9. The molecule has 174 valence electrons. The van der Waals surface area contributed by atoms with Crippen molar-refractivity contribution in [3.63, 3.8) is 0 Å². The molecular weight excluding hydrogens is 456 g/mol. The number of carbonyl (C=O) groups excluding carboxylic acids is 1. The summed E-state index contributed by atoms with van der Waals surface area (Å²) in [5, 5.41) is 8.45. The number of nitrogens with zero attached hydrogens (tertiary/aromatic N) is 3. The van der Waals surface area contributed by atoms with Crippen molar-refractivity contribution in [1.29, 1.82) is 0 Å². The molecule has 0 bridgehead atoms. The lowest BCUT2D eigenvalue weighted by Crippen LogP contribution is -2.44. The van der Waals surface area contributed by atoms with Gasteiger partial charge in [0.05, 0.1) is 28.6 Å². The van der Waals surface area contributed by atoms with Crippen molar-refractivity contribution in [2.75, 3.05) is 18.4 Å². The molecule has 1 saturated heterocycles. The Morgan fingerprint density at radius 1 is 1.18 bits per heavy atom. The molecule has 2 atom stereocenters. The van der Waals surface area contributed by atoms with E-state index < -0.39 is 0 Å². The molecule has 1 aliphatic rings. The largest absolute Gasteiger partial charge is 0.487 e. The third-order valence-electron chi connectivity index (χ3n) is 5.04. The van der Waals surface area contributed by atoms with Crippen molar-refractivity contribution in [1.82, 2.24) is 14.9 Å². The zero-order chi connectivity index (χ0) is 23.2. The van der Waals surface area contributed by atoms with E-state index in [0.29, 0.717) is 17.5 Å². The Balaban J connectivity index is 1.31. The summed E-state index contributed by atoms with van der Waals surface area (Å²) >= 11 is 3.03. The lowest BCUT2D eigenvalue weighted by atomic mass is 10.2. The molecule has 1 N–H and O–H groups in total. The second-order valence-corrected chi connectivity index (χ2v) is 10.0. The number of aromatic nitrogens is 2. The fraction of sp³-hybridized carbons (Fsp3) is 0.375. The highest BCUT2D eigenvalue weighted by Crippen LogP contribution is 2.22. The summed E-state index contributed by atoms with van der Waals surface area (Å²) in [6.07, 6.45) is 3.69. The van der Waals surface area contributed by atoms with E-state index in [9.17, 15) is 4.79 Å². The summed E-state index contributed by atoms with van der Waals surface area (Å²) in [6.45, 7) is 9.06. The van der Waals surface area contributed by atoms with E-state index in [1.165, 1.54) is 17.4 Å². The van der Waals surface area contributed by atoms with Crippen LogP contribution in [0.4, 0.5) is 5.13 Å². The molecule has 9 heteroatoms. The Bertz CT molecular complexity index is 1100. The number of para-hydroxylation sites is 1.